The van der Waals surface area contributed by atoms with E-state index in [2.05, 4.69) is 46.5 Å². The lowest BCUT2D eigenvalue weighted by molar-refractivity contribution is 0.559. The van der Waals surface area contributed by atoms with E-state index in [1.165, 1.54) is 4.88 Å². The number of thiazole rings is 1. The largest absolute Gasteiger partial charge is 0.383 e. The number of aromatic nitrogens is 3. The maximum absolute atomic E-state index is 5.97. The molecule has 0 spiro atoms. The van der Waals surface area contributed by atoms with Crippen LogP contribution in [0.2, 0.25) is 0 Å². The van der Waals surface area contributed by atoms with Crippen LogP contribution in [-0.4, -0.2) is 14.8 Å². The first kappa shape index (κ1) is 11.8. The Bertz CT molecular complexity index is 515. The number of nitrogens with zero attached hydrogens (tertiary/aromatic N) is 3. The third-order valence-corrected chi connectivity index (χ3v) is 4.22. The van der Waals surface area contributed by atoms with E-state index in [-0.39, 0.29) is 6.04 Å². The number of halogens is 1. The maximum Gasteiger partial charge on any atom is 0.135 e. The third kappa shape index (κ3) is 1.95. The van der Waals surface area contributed by atoms with Gasteiger partial charge >= 0.3 is 0 Å². The number of rotatable bonds is 2. The van der Waals surface area contributed by atoms with Gasteiger partial charge in [0, 0.05) is 4.88 Å². The van der Waals surface area contributed by atoms with Crippen molar-refractivity contribution in [2.45, 2.75) is 26.8 Å². The van der Waals surface area contributed by atoms with E-state index in [0.29, 0.717) is 5.82 Å². The number of nitrogen functional groups attached to an aromatic ring is 1. The van der Waals surface area contributed by atoms with Gasteiger partial charge in [0.25, 0.3) is 0 Å². The van der Waals surface area contributed by atoms with Gasteiger partial charge in [-0.05, 0) is 43.4 Å². The summed E-state index contributed by atoms with van der Waals surface area (Å²) in [4.78, 5) is 5.77. The van der Waals surface area contributed by atoms with Gasteiger partial charge in [-0.3, -0.25) is 0 Å². The highest BCUT2D eigenvalue weighted by Crippen LogP contribution is 2.27. The molecule has 2 rings (SSSR count). The van der Waals surface area contributed by atoms with Crippen LogP contribution in [0.3, 0.4) is 0 Å². The van der Waals surface area contributed by atoms with Gasteiger partial charge in [-0.15, -0.1) is 11.3 Å². The molecule has 0 saturated heterocycles. The number of anilines is 1. The average molecular weight is 348 g/mol. The molecule has 0 fully saturated rings. The average Bonchev–Trinajstić information content (AvgIpc) is 2.71. The number of nitrogens with two attached hydrogens (primary N) is 1. The smallest absolute Gasteiger partial charge is 0.135 e. The zero-order valence-electron chi connectivity index (χ0n) is 9.36. The van der Waals surface area contributed by atoms with Crippen molar-refractivity contribution in [2.75, 3.05) is 5.73 Å². The molecule has 0 bridgehead atoms. The maximum atomic E-state index is 5.97. The molecule has 16 heavy (non-hydrogen) atoms. The normalized spacial score (nSPS) is 13.0. The van der Waals surface area contributed by atoms with Crippen LogP contribution in [0, 0.1) is 17.4 Å². The van der Waals surface area contributed by atoms with Crippen molar-refractivity contribution in [1.82, 2.24) is 14.8 Å². The summed E-state index contributed by atoms with van der Waals surface area (Å²) in [6, 6.07) is 0.0912. The molecule has 2 aromatic heterocycles. The van der Waals surface area contributed by atoms with Crippen molar-refractivity contribution in [2.24, 2.45) is 0 Å². The fourth-order valence-electron chi connectivity index (χ4n) is 1.71. The quantitative estimate of drug-likeness (QED) is 0.849. The first-order valence-electron chi connectivity index (χ1n) is 4.93. The Morgan fingerprint density at radius 2 is 2.19 bits per heavy atom. The van der Waals surface area contributed by atoms with Crippen LogP contribution < -0.4 is 5.73 Å². The molecule has 0 radical (unpaired) electrons. The highest BCUT2D eigenvalue weighted by molar-refractivity contribution is 14.1. The molecule has 1 atom stereocenters. The second-order valence-corrected chi connectivity index (χ2v) is 6.24. The lowest BCUT2D eigenvalue weighted by atomic mass is 10.2. The monoisotopic (exact) mass is 348 g/mol. The van der Waals surface area contributed by atoms with E-state index < -0.39 is 0 Å². The van der Waals surface area contributed by atoms with E-state index in [1.807, 2.05) is 11.6 Å². The molecule has 0 saturated carbocycles. The SMILES string of the molecule is Cc1nc(C(C)n2ncc(I)c2N)c(C)s1. The van der Waals surface area contributed by atoms with Crippen LogP contribution >= 0.6 is 33.9 Å². The van der Waals surface area contributed by atoms with Gasteiger partial charge in [-0.25, -0.2) is 9.67 Å². The van der Waals surface area contributed by atoms with Crippen LogP contribution in [0.15, 0.2) is 6.20 Å². The van der Waals surface area contributed by atoms with E-state index in [0.717, 1.165) is 14.3 Å². The van der Waals surface area contributed by atoms with Crippen molar-refractivity contribution in [3.8, 4) is 0 Å². The molecule has 0 amide bonds. The van der Waals surface area contributed by atoms with E-state index >= 15 is 0 Å². The van der Waals surface area contributed by atoms with Gasteiger partial charge in [0.15, 0.2) is 0 Å². The Balaban J connectivity index is 2.42. The molecule has 1 unspecified atom stereocenters. The van der Waals surface area contributed by atoms with Gasteiger partial charge in [0.1, 0.15) is 5.82 Å². The minimum Gasteiger partial charge on any atom is -0.383 e. The summed E-state index contributed by atoms with van der Waals surface area (Å²) in [6.07, 6.45) is 1.78. The van der Waals surface area contributed by atoms with Crippen molar-refractivity contribution < 1.29 is 0 Å². The van der Waals surface area contributed by atoms with E-state index in [1.54, 1.807) is 17.5 Å². The van der Waals surface area contributed by atoms with Crippen LogP contribution in [0.1, 0.15) is 28.5 Å². The number of hydrogen-bond acceptors (Lipinski definition) is 4. The summed E-state index contributed by atoms with van der Waals surface area (Å²) in [6.45, 7) is 6.17. The van der Waals surface area contributed by atoms with Gasteiger partial charge in [0.05, 0.1) is 26.5 Å². The lowest BCUT2D eigenvalue weighted by Gasteiger charge is -2.12. The fourth-order valence-corrected chi connectivity index (χ4v) is 2.99. The second-order valence-electron chi connectivity index (χ2n) is 3.67. The highest BCUT2D eigenvalue weighted by Gasteiger charge is 2.18. The van der Waals surface area contributed by atoms with Crippen LogP contribution in [0.25, 0.3) is 0 Å². The van der Waals surface area contributed by atoms with Gasteiger partial charge in [0.2, 0.25) is 0 Å². The molecule has 6 heteroatoms. The minimum absolute atomic E-state index is 0.0912. The highest BCUT2D eigenvalue weighted by atomic mass is 127. The van der Waals surface area contributed by atoms with Crippen molar-refractivity contribution >= 4 is 39.7 Å². The molecule has 0 aromatic carbocycles. The molecule has 0 aliphatic carbocycles. The third-order valence-electron chi connectivity index (χ3n) is 2.49. The molecule has 86 valence electrons. The summed E-state index contributed by atoms with van der Waals surface area (Å²) >= 11 is 3.90. The summed E-state index contributed by atoms with van der Waals surface area (Å²) in [5.74, 6) is 0.707. The summed E-state index contributed by atoms with van der Waals surface area (Å²) in [5, 5.41) is 5.37. The lowest BCUT2D eigenvalue weighted by Crippen LogP contribution is -2.13. The topological polar surface area (TPSA) is 56.7 Å². The number of hydrogen-bond donors (Lipinski definition) is 1. The standard InChI is InChI=1S/C10H13IN4S/c1-5(9-6(2)16-7(3)14-9)15-10(12)8(11)4-13-15/h4-5H,12H2,1-3H3. The van der Waals surface area contributed by atoms with Gasteiger partial charge in [-0.1, -0.05) is 0 Å². The predicted octanol–water partition coefficient (Wildman–Crippen LogP) is 2.75. The molecular formula is C10H13IN4S. The van der Waals surface area contributed by atoms with Crippen molar-refractivity contribution in [3.05, 3.63) is 25.3 Å². The van der Waals surface area contributed by atoms with Crippen LogP contribution in [-0.2, 0) is 0 Å². The Labute approximate surface area is 112 Å². The van der Waals surface area contributed by atoms with Crippen LogP contribution in [0.5, 0.6) is 0 Å². The molecule has 2 heterocycles. The number of aryl methyl sites for hydroxylation is 2. The molecule has 2 aromatic rings. The summed E-state index contributed by atoms with van der Waals surface area (Å²) in [5.41, 5.74) is 7.03. The second kappa shape index (κ2) is 4.33. The fraction of sp³-hybridized carbons (Fsp3) is 0.400. The first-order chi connectivity index (χ1) is 7.50. The molecule has 0 aliphatic heterocycles. The molecule has 4 nitrogen and oxygen atoms in total. The summed E-state index contributed by atoms with van der Waals surface area (Å²) in [7, 11) is 0. The Morgan fingerprint density at radius 3 is 2.62 bits per heavy atom. The Morgan fingerprint density at radius 1 is 1.50 bits per heavy atom. The molecule has 2 N–H and O–H groups in total. The first-order valence-corrected chi connectivity index (χ1v) is 6.82. The molecular weight excluding hydrogens is 335 g/mol. The predicted molar refractivity (Wildman–Crippen MR) is 74.8 cm³/mol. The zero-order chi connectivity index (χ0) is 11.9. The van der Waals surface area contributed by atoms with Crippen LogP contribution in [0.4, 0.5) is 5.82 Å². The van der Waals surface area contributed by atoms with Gasteiger partial charge < -0.3 is 5.73 Å². The molecule has 0 aliphatic rings. The van der Waals surface area contributed by atoms with E-state index in [9.17, 15) is 0 Å². The minimum atomic E-state index is 0.0912. The zero-order valence-corrected chi connectivity index (χ0v) is 12.3. The van der Waals surface area contributed by atoms with Gasteiger partial charge in [-0.2, -0.15) is 5.10 Å². The summed E-state index contributed by atoms with van der Waals surface area (Å²) < 4.78 is 2.80. The Hall–Kier alpha value is -0.630. The van der Waals surface area contributed by atoms with Crippen molar-refractivity contribution in [3.63, 3.8) is 0 Å². The Kier molecular flexibility index (Phi) is 3.20. The van der Waals surface area contributed by atoms with E-state index in [4.69, 9.17) is 5.73 Å². The van der Waals surface area contributed by atoms with Crippen molar-refractivity contribution in [1.29, 1.82) is 0 Å².